The molecular weight excluding hydrogens is 597 g/mol. The van der Waals surface area contributed by atoms with Gasteiger partial charge in [0.15, 0.2) is 17.5 Å². The molecule has 2 amide bonds. The van der Waals surface area contributed by atoms with Crippen LogP contribution in [-0.2, 0) is 4.79 Å². The van der Waals surface area contributed by atoms with Crippen LogP contribution in [0, 0.1) is 35.2 Å². The van der Waals surface area contributed by atoms with Crippen molar-refractivity contribution >= 4 is 40.9 Å². The number of hydrogen-bond acceptors (Lipinski definition) is 7. The number of halogens is 4. The number of anilines is 1. The van der Waals surface area contributed by atoms with Gasteiger partial charge in [0.1, 0.15) is 6.10 Å². The maximum absolute atomic E-state index is 13.6. The quantitative estimate of drug-likeness (QED) is 0.246. The van der Waals surface area contributed by atoms with Crippen molar-refractivity contribution in [1.82, 2.24) is 5.32 Å². The molecule has 13 heteroatoms. The monoisotopic (exact) mass is 628 g/mol. The standard InChI is InChI=1S/C29H32ClF3N2O6S/c30-19-4-1-13(28(40)35-17-10-20(31)26(33)21(32)11-17)7-24(19)42-18-8-15-2-3-16(9-18)29(15,41)25(38)12-34-27(39)14-5-22(36)23(37)6-14/h1,4,7,10-11,14-16,18,22-23,25,36-38,41H,2-3,5-6,8-9,12H2,(H,34,39)(H,35,40)/t14?,15-,16?,18?,22?,23?,25?,29?/m0/s1. The van der Waals surface area contributed by atoms with Gasteiger partial charge in [-0.05, 0) is 68.6 Å². The lowest BCUT2D eigenvalue weighted by Gasteiger charge is -2.45. The van der Waals surface area contributed by atoms with Gasteiger partial charge in [0.2, 0.25) is 5.91 Å². The van der Waals surface area contributed by atoms with Crippen LogP contribution in [0.4, 0.5) is 18.9 Å². The number of fused-ring (bicyclic) bond motifs is 2. The average molecular weight is 629 g/mol. The Bertz CT molecular complexity index is 1320. The van der Waals surface area contributed by atoms with Gasteiger partial charge in [-0.25, -0.2) is 13.2 Å². The van der Waals surface area contributed by atoms with Gasteiger partial charge in [0.25, 0.3) is 5.91 Å². The largest absolute Gasteiger partial charge is 0.390 e. The number of thioether (sulfide) groups is 1. The summed E-state index contributed by atoms with van der Waals surface area (Å²) < 4.78 is 40.4. The molecule has 3 saturated carbocycles. The van der Waals surface area contributed by atoms with Crippen LogP contribution in [0.25, 0.3) is 0 Å². The molecule has 6 unspecified atom stereocenters. The summed E-state index contributed by atoms with van der Waals surface area (Å²) in [6.45, 7) is -0.145. The van der Waals surface area contributed by atoms with Crippen molar-refractivity contribution in [1.29, 1.82) is 0 Å². The smallest absolute Gasteiger partial charge is 0.255 e. The second-order valence-corrected chi connectivity index (χ2v) is 13.2. The van der Waals surface area contributed by atoms with Crippen LogP contribution in [0.3, 0.4) is 0 Å². The first-order chi connectivity index (χ1) is 19.9. The van der Waals surface area contributed by atoms with Crippen molar-refractivity contribution < 1.29 is 43.2 Å². The molecular formula is C29H32ClF3N2O6S. The second kappa shape index (κ2) is 12.3. The van der Waals surface area contributed by atoms with Gasteiger partial charge in [-0.15, -0.1) is 11.8 Å². The normalized spacial score (nSPS) is 31.1. The Morgan fingerprint density at radius 3 is 2.19 bits per heavy atom. The fourth-order valence-corrected chi connectivity index (χ4v) is 8.28. The van der Waals surface area contributed by atoms with Gasteiger partial charge in [0.05, 0.1) is 22.8 Å². The summed E-state index contributed by atoms with van der Waals surface area (Å²) in [5.74, 6) is -6.54. The van der Waals surface area contributed by atoms with Crippen LogP contribution in [-0.4, -0.2) is 67.9 Å². The van der Waals surface area contributed by atoms with Crippen molar-refractivity contribution in [2.75, 3.05) is 11.9 Å². The van der Waals surface area contributed by atoms with E-state index in [4.69, 9.17) is 11.6 Å². The van der Waals surface area contributed by atoms with Crippen molar-refractivity contribution in [2.45, 2.75) is 72.6 Å². The number of carbonyl (C=O) groups excluding carboxylic acids is 2. The number of carbonyl (C=O) groups is 2. The van der Waals surface area contributed by atoms with Crippen LogP contribution >= 0.6 is 23.4 Å². The van der Waals surface area contributed by atoms with E-state index in [1.807, 2.05) is 0 Å². The molecule has 0 aliphatic heterocycles. The number of hydrogen-bond donors (Lipinski definition) is 6. The maximum Gasteiger partial charge on any atom is 0.255 e. The second-order valence-electron chi connectivity index (χ2n) is 11.5. The lowest BCUT2D eigenvalue weighted by molar-refractivity contribution is -0.144. The minimum absolute atomic E-state index is 0.0159. The van der Waals surface area contributed by atoms with Gasteiger partial charge >= 0.3 is 0 Å². The molecule has 2 aromatic carbocycles. The Hall–Kier alpha value is -2.35. The number of benzene rings is 2. The highest BCUT2D eigenvalue weighted by Crippen LogP contribution is 2.54. The molecule has 0 saturated heterocycles. The van der Waals surface area contributed by atoms with E-state index in [9.17, 15) is 43.2 Å². The Morgan fingerprint density at radius 1 is 1.00 bits per heavy atom. The van der Waals surface area contributed by atoms with E-state index in [2.05, 4.69) is 10.6 Å². The highest BCUT2D eigenvalue weighted by atomic mass is 35.5. The summed E-state index contributed by atoms with van der Waals surface area (Å²) in [5, 5.41) is 47.4. The van der Waals surface area contributed by atoms with Crippen molar-refractivity contribution in [3.8, 4) is 0 Å². The molecule has 0 heterocycles. The molecule has 2 bridgehead atoms. The van der Waals surface area contributed by atoms with E-state index < -0.39 is 53.2 Å². The van der Waals surface area contributed by atoms with Crippen LogP contribution in [0.1, 0.15) is 48.9 Å². The Balaban J connectivity index is 1.20. The predicted molar refractivity (Wildman–Crippen MR) is 150 cm³/mol. The van der Waals surface area contributed by atoms with Gasteiger partial charge in [-0.3, -0.25) is 9.59 Å². The van der Waals surface area contributed by atoms with Crippen LogP contribution in [0.5, 0.6) is 0 Å². The van der Waals surface area contributed by atoms with Crippen LogP contribution in [0.15, 0.2) is 35.2 Å². The highest BCUT2D eigenvalue weighted by molar-refractivity contribution is 8.00. The number of amides is 2. The molecule has 7 atom stereocenters. The fraction of sp³-hybridized carbons (Fsp3) is 0.517. The third kappa shape index (κ3) is 6.15. The molecule has 2 aromatic rings. The molecule has 0 radical (unpaired) electrons. The van der Waals surface area contributed by atoms with Crippen molar-refractivity contribution in [3.63, 3.8) is 0 Å². The summed E-state index contributed by atoms with van der Waals surface area (Å²) >= 11 is 7.86. The molecule has 42 heavy (non-hydrogen) atoms. The van der Waals surface area contributed by atoms with Crippen LogP contribution in [0.2, 0.25) is 5.02 Å². The van der Waals surface area contributed by atoms with E-state index in [1.54, 1.807) is 6.07 Å². The first-order valence-corrected chi connectivity index (χ1v) is 15.1. The zero-order valence-corrected chi connectivity index (χ0v) is 24.0. The molecule has 6 N–H and O–H groups in total. The van der Waals surface area contributed by atoms with Gasteiger partial charge < -0.3 is 31.1 Å². The first kappa shape index (κ1) is 31.1. The van der Waals surface area contributed by atoms with E-state index >= 15 is 0 Å². The average Bonchev–Trinajstić information content (AvgIpc) is 3.34. The minimum Gasteiger partial charge on any atom is -0.390 e. The minimum atomic E-state index is -1.63. The molecule has 0 spiro atoms. The summed E-state index contributed by atoms with van der Waals surface area (Å²) in [6.07, 6.45) is -0.292. The van der Waals surface area contributed by atoms with Crippen molar-refractivity contribution in [3.05, 3.63) is 58.4 Å². The van der Waals surface area contributed by atoms with Gasteiger partial charge in [-0.2, -0.15) is 0 Å². The van der Waals surface area contributed by atoms with E-state index in [0.717, 1.165) is 0 Å². The number of rotatable bonds is 8. The SMILES string of the molecule is O=C(Nc1cc(F)c(F)c(F)c1)c1ccc(Cl)c(SC2CC3CC[C@@H](C2)C3(O)C(O)CNC(=O)C2CC(O)C(O)C2)c1. The molecule has 0 aromatic heterocycles. The van der Waals surface area contributed by atoms with Crippen molar-refractivity contribution in [2.24, 2.45) is 17.8 Å². The maximum atomic E-state index is 13.6. The lowest BCUT2D eigenvalue weighted by atomic mass is 9.71. The third-order valence-corrected chi connectivity index (χ3v) is 10.6. The first-order valence-electron chi connectivity index (χ1n) is 13.8. The third-order valence-electron chi connectivity index (χ3n) is 8.87. The zero-order valence-electron chi connectivity index (χ0n) is 22.4. The number of aliphatic hydroxyl groups excluding tert-OH is 3. The van der Waals surface area contributed by atoms with E-state index in [0.29, 0.717) is 47.7 Å². The fourth-order valence-electron chi connectivity index (χ4n) is 6.64. The number of aliphatic hydroxyl groups is 4. The summed E-state index contributed by atoms with van der Waals surface area (Å²) in [4.78, 5) is 25.9. The Labute approximate surface area is 249 Å². The summed E-state index contributed by atoms with van der Waals surface area (Å²) in [6, 6.07) is 5.92. The van der Waals surface area contributed by atoms with Gasteiger partial charge in [-0.1, -0.05) is 11.6 Å². The number of nitrogens with one attached hydrogen (secondary N) is 2. The highest BCUT2D eigenvalue weighted by Gasteiger charge is 2.57. The predicted octanol–water partition coefficient (Wildman–Crippen LogP) is 3.63. The topological polar surface area (TPSA) is 139 Å². The summed E-state index contributed by atoms with van der Waals surface area (Å²) in [5.41, 5.74) is -1.45. The van der Waals surface area contributed by atoms with E-state index in [-0.39, 0.29) is 53.6 Å². The molecule has 3 aliphatic rings. The van der Waals surface area contributed by atoms with Gasteiger partial charge in [0, 0.05) is 46.0 Å². The van der Waals surface area contributed by atoms with Crippen LogP contribution < -0.4 is 10.6 Å². The molecule has 8 nitrogen and oxygen atoms in total. The molecule has 228 valence electrons. The Morgan fingerprint density at radius 2 is 1.60 bits per heavy atom. The molecule has 5 rings (SSSR count). The lowest BCUT2D eigenvalue weighted by Crippen LogP contribution is -2.58. The molecule has 3 aliphatic carbocycles. The Kier molecular flexibility index (Phi) is 9.13. The molecule has 3 fully saturated rings. The zero-order chi connectivity index (χ0) is 30.3. The summed E-state index contributed by atoms with van der Waals surface area (Å²) in [7, 11) is 0. The van der Waals surface area contributed by atoms with E-state index in [1.165, 1.54) is 23.9 Å².